The topological polar surface area (TPSA) is 58.2 Å². The predicted molar refractivity (Wildman–Crippen MR) is 121 cm³/mol. The summed E-state index contributed by atoms with van der Waals surface area (Å²) in [4.78, 5) is 23.5. The smallest absolute Gasteiger partial charge is 0.356 e. The highest BCUT2D eigenvalue weighted by molar-refractivity contribution is 6.34. The molecule has 1 saturated carbocycles. The molecular formula is C23H29Cl2F3N2O2. The number of benzene rings is 1. The summed E-state index contributed by atoms with van der Waals surface area (Å²) in [5, 5.41) is 6.52. The monoisotopic (exact) mass is 492 g/mol. The molecule has 1 fully saturated rings. The van der Waals surface area contributed by atoms with Crippen molar-refractivity contribution in [2.24, 2.45) is 11.8 Å². The average Bonchev–Trinajstić information content (AvgIpc) is 2.72. The van der Waals surface area contributed by atoms with Gasteiger partial charge in [-0.1, -0.05) is 36.0 Å². The zero-order valence-corrected chi connectivity index (χ0v) is 19.3. The number of carbonyl (C=O) groups excluding carboxylic acids is 2. The Morgan fingerprint density at radius 2 is 1.62 bits per heavy atom. The van der Waals surface area contributed by atoms with Crippen LogP contribution in [-0.2, 0) is 9.59 Å². The summed E-state index contributed by atoms with van der Waals surface area (Å²) < 4.78 is 36.3. The Labute approximate surface area is 196 Å². The number of alkyl halides is 3. The van der Waals surface area contributed by atoms with Crippen molar-refractivity contribution >= 4 is 41.1 Å². The van der Waals surface area contributed by atoms with Gasteiger partial charge in [0.25, 0.3) is 0 Å². The zero-order chi connectivity index (χ0) is 23.6. The Morgan fingerprint density at radius 3 is 2.25 bits per heavy atom. The van der Waals surface area contributed by atoms with Gasteiger partial charge in [0.1, 0.15) is 0 Å². The molecule has 1 aliphatic carbocycles. The largest absolute Gasteiger partial charge is 0.389 e. The van der Waals surface area contributed by atoms with Crippen molar-refractivity contribution in [2.45, 2.75) is 57.5 Å². The van der Waals surface area contributed by atoms with E-state index in [1.165, 1.54) is 6.08 Å². The number of hydrogen-bond acceptors (Lipinski definition) is 2. The summed E-state index contributed by atoms with van der Waals surface area (Å²) in [6.45, 7) is 1.04. The molecule has 0 radical (unpaired) electrons. The number of halogens is 5. The lowest BCUT2D eigenvalue weighted by Gasteiger charge is -2.28. The molecule has 0 unspecified atom stereocenters. The molecule has 1 aromatic carbocycles. The molecule has 0 bridgehead atoms. The van der Waals surface area contributed by atoms with Gasteiger partial charge in [-0.2, -0.15) is 13.2 Å². The maximum Gasteiger partial charge on any atom is 0.389 e. The normalized spacial score (nSPS) is 19.2. The van der Waals surface area contributed by atoms with Crippen LogP contribution < -0.4 is 10.6 Å². The van der Waals surface area contributed by atoms with Crippen LogP contribution in [0, 0.1) is 11.8 Å². The van der Waals surface area contributed by atoms with Gasteiger partial charge in [0, 0.05) is 35.6 Å². The number of nitrogens with one attached hydrogen (secondary N) is 2. The molecule has 32 heavy (non-hydrogen) atoms. The molecule has 0 atom stereocenters. The maximum atomic E-state index is 12.1. The molecule has 4 nitrogen and oxygen atoms in total. The molecular weight excluding hydrogens is 464 g/mol. The van der Waals surface area contributed by atoms with Gasteiger partial charge in [0.15, 0.2) is 0 Å². The average molecular weight is 493 g/mol. The quantitative estimate of drug-likeness (QED) is 0.303. The van der Waals surface area contributed by atoms with Gasteiger partial charge < -0.3 is 10.6 Å². The molecule has 2 rings (SSSR count). The first kappa shape index (κ1) is 26.5. The first-order valence-corrected chi connectivity index (χ1v) is 11.6. The zero-order valence-electron chi connectivity index (χ0n) is 17.8. The Morgan fingerprint density at radius 1 is 1.00 bits per heavy atom. The Kier molecular flexibility index (Phi) is 10.9. The molecule has 2 N–H and O–H groups in total. The van der Waals surface area contributed by atoms with Crippen LogP contribution in [0.5, 0.6) is 0 Å². The van der Waals surface area contributed by atoms with E-state index in [-0.39, 0.29) is 5.91 Å². The molecule has 1 aliphatic rings. The molecule has 0 aromatic heterocycles. The molecule has 9 heteroatoms. The van der Waals surface area contributed by atoms with Crippen molar-refractivity contribution in [3.05, 3.63) is 39.9 Å². The van der Waals surface area contributed by atoms with Crippen LogP contribution in [0.2, 0.25) is 10.0 Å². The van der Waals surface area contributed by atoms with E-state index in [9.17, 15) is 22.8 Å². The lowest BCUT2D eigenvalue weighted by molar-refractivity contribution is -0.144. The van der Waals surface area contributed by atoms with Gasteiger partial charge in [-0.15, -0.1) is 0 Å². The van der Waals surface area contributed by atoms with Crippen LogP contribution in [0.25, 0.3) is 6.08 Å². The third-order valence-corrected chi connectivity index (χ3v) is 6.03. The van der Waals surface area contributed by atoms with Gasteiger partial charge >= 0.3 is 6.18 Å². The van der Waals surface area contributed by atoms with Gasteiger partial charge in [0.2, 0.25) is 11.8 Å². The second kappa shape index (κ2) is 13.1. The van der Waals surface area contributed by atoms with Crippen LogP contribution in [-0.4, -0.2) is 31.1 Å². The number of hydrogen-bond donors (Lipinski definition) is 2. The van der Waals surface area contributed by atoms with Crippen molar-refractivity contribution in [1.29, 1.82) is 0 Å². The number of rotatable bonds is 10. The van der Waals surface area contributed by atoms with Crippen LogP contribution in [0.4, 0.5) is 13.2 Å². The summed E-state index contributed by atoms with van der Waals surface area (Å²) in [7, 11) is 0. The minimum atomic E-state index is -4.30. The van der Waals surface area contributed by atoms with Gasteiger partial charge in [-0.25, -0.2) is 0 Å². The summed E-state index contributed by atoms with van der Waals surface area (Å²) in [5.41, 5.74) is 0.759. The van der Waals surface area contributed by atoms with E-state index in [4.69, 9.17) is 23.2 Å². The molecule has 0 saturated heterocycles. The predicted octanol–water partition coefficient (Wildman–Crippen LogP) is 6.17. The molecule has 2 amide bonds. The van der Waals surface area contributed by atoms with Crippen LogP contribution >= 0.6 is 23.2 Å². The SMILES string of the molecule is O=C(/C=C/c1cc(Cl)cc(Cl)c1)NCC1CCC(CCCNC(=O)CCC(F)(F)F)CC1. The van der Waals surface area contributed by atoms with Crippen molar-refractivity contribution in [3.8, 4) is 0 Å². The van der Waals surface area contributed by atoms with Crippen molar-refractivity contribution in [2.75, 3.05) is 13.1 Å². The third-order valence-electron chi connectivity index (χ3n) is 5.59. The first-order chi connectivity index (χ1) is 15.1. The summed E-state index contributed by atoms with van der Waals surface area (Å²) in [6.07, 6.45) is 3.13. The van der Waals surface area contributed by atoms with Crippen LogP contribution in [0.3, 0.4) is 0 Å². The Bertz CT molecular complexity index is 772. The standard InChI is InChI=1S/C23H29Cl2F3N2O2/c24-19-12-18(13-20(25)14-19)7-8-21(31)30-15-17-5-3-16(4-6-17)2-1-11-29-22(32)9-10-23(26,27)28/h7-8,12-14,16-17H,1-6,9-11,15H2,(H,29,32)(H,30,31)/b8-7+. The van der Waals surface area contributed by atoms with E-state index in [1.54, 1.807) is 24.3 Å². The van der Waals surface area contributed by atoms with E-state index in [1.807, 2.05) is 0 Å². The molecule has 0 heterocycles. The molecule has 0 aliphatic heterocycles. The second-order valence-corrected chi connectivity index (χ2v) is 9.15. The van der Waals surface area contributed by atoms with E-state index in [2.05, 4.69) is 10.6 Å². The Balaban J connectivity index is 1.56. The first-order valence-electron chi connectivity index (χ1n) is 10.9. The van der Waals surface area contributed by atoms with Crippen LogP contribution in [0.15, 0.2) is 24.3 Å². The van der Waals surface area contributed by atoms with Crippen molar-refractivity contribution in [1.82, 2.24) is 10.6 Å². The van der Waals surface area contributed by atoms with Gasteiger partial charge in [0.05, 0.1) is 6.42 Å². The molecule has 178 valence electrons. The van der Waals surface area contributed by atoms with E-state index in [0.717, 1.165) is 44.1 Å². The molecule has 0 spiro atoms. The van der Waals surface area contributed by atoms with E-state index >= 15 is 0 Å². The minimum absolute atomic E-state index is 0.163. The van der Waals surface area contributed by atoms with Crippen molar-refractivity contribution < 1.29 is 22.8 Å². The second-order valence-electron chi connectivity index (χ2n) is 8.28. The minimum Gasteiger partial charge on any atom is -0.356 e. The fraction of sp³-hybridized carbons (Fsp3) is 0.565. The maximum absolute atomic E-state index is 12.1. The third kappa shape index (κ3) is 11.2. The highest BCUT2D eigenvalue weighted by atomic mass is 35.5. The van der Waals surface area contributed by atoms with E-state index in [0.29, 0.717) is 35.0 Å². The van der Waals surface area contributed by atoms with Crippen LogP contribution in [0.1, 0.15) is 56.9 Å². The lowest BCUT2D eigenvalue weighted by atomic mass is 9.80. The highest BCUT2D eigenvalue weighted by Crippen LogP contribution is 2.31. The summed E-state index contributed by atoms with van der Waals surface area (Å²) >= 11 is 11.9. The van der Waals surface area contributed by atoms with Crippen molar-refractivity contribution in [3.63, 3.8) is 0 Å². The number of carbonyl (C=O) groups is 2. The van der Waals surface area contributed by atoms with E-state index < -0.39 is 24.9 Å². The number of amides is 2. The lowest BCUT2D eigenvalue weighted by Crippen LogP contribution is -2.30. The highest BCUT2D eigenvalue weighted by Gasteiger charge is 2.27. The fourth-order valence-corrected chi connectivity index (χ4v) is 4.38. The fourth-order valence-electron chi connectivity index (χ4n) is 3.83. The van der Waals surface area contributed by atoms with Gasteiger partial charge in [-0.3, -0.25) is 9.59 Å². The molecule has 1 aromatic rings. The summed E-state index contributed by atoms with van der Waals surface area (Å²) in [6, 6.07) is 5.09. The Hall–Kier alpha value is -1.73. The van der Waals surface area contributed by atoms with Gasteiger partial charge in [-0.05, 0) is 67.4 Å². The summed E-state index contributed by atoms with van der Waals surface area (Å²) in [5.74, 6) is 0.284.